The summed E-state index contributed by atoms with van der Waals surface area (Å²) in [6.07, 6.45) is 2.25. The van der Waals surface area contributed by atoms with Crippen molar-refractivity contribution in [2.24, 2.45) is 0 Å². The molecule has 0 saturated heterocycles. The average molecular weight is 336 g/mol. The summed E-state index contributed by atoms with van der Waals surface area (Å²) in [6.45, 7) is 3.03. The predicted molar refractivity (Wildman–Crippen MR) is 95.9 cm³/mol. The summed E-state index contributed by atoms with van der Waals surface area (Å²) in [7, 11) is 0. The Kier molecular flexibility index (Phi) is 6.36. The zero-order valence-electron chi connectivity index (χ0n) is 12.3. The average Bonchev–Trinajstić information content (AvgIpc) is 2.52. The van der Waals surface area contributed by atoms with Crippen molar-refractivity contribution < 1.29 is 0 Å². The van der Waals surface area contributed by atoms with Gasteiger partial charge in [-0.05, 0) is 55.0 Å². The molecule has 3 N–H and O–H groups in total. The van der Waals surface area contributed by atoms with E-state index >= 15 is 0 Å². The van der Waals surface area contributed by atoms with Crippen LogP contribution in [-0.2, 0) is 0 Å². The third-order valence-corrected chi connectivity index (χ3v) is 3.31. The summed E-state index contributed by atoms with van der Waals surface area (Å²) in [5.74, 6) is 0.641. The smallest absolute Gasteiger partial charge is 0.170 e. The molecule has 0 aliphatic rings. The number of hydrogen-bond donors (Lipinski definition) is 3. The number of nitrogens with one attached hydrogen (secondary N) is 3. The van der Waals surface area contributed by atoms with Gasteiger partial charge in [-0.15, -0.1) is 10.2 Å². The minimum atomic E-state index is 0.370. The molecule has 0 atom stereocenters. The largest absolute Gasteiger partial charge is 0.362 e. The lowest BCUT2D eigenvalue weighted by Gasteiger charge is -2.11. The second-order valence-corrected chi connectivity index (χ2v) is 5.47. The third-order valence-electron chi connectivity index (χ3n) is 2.86. The van der Waals surface area contributed by atoms with Crippen molar-refractivity contribution in [1.82, 2.24) is 15.5 Å². The highest BCUT2D eigenvalue weighted by atomic mass is 35.5. The summed E-state index contributed by atoms with van der Waals surface area (Å²) >= 11 is 10.9. The predicted octanol–water partition coefficient (Wildman–Crippen LogP) is 3.96. The van der Waals surface area contributed by atoms with Gasteiger partial charge < -0.3 is 16.0 Å². The Labute approximate surface area is 140 Å². The van der Waals surface area contributed by atoms with Crippen molar-refractivity contribution in [3.05, 3.63) is 41.6 Å². The van der Waals surface area contributed by atoms with Crippen molar-refractivity contribution in [1.29, 1.82) is 0 Å². The number of anilines is 3. The van der Waals surface area contributed by atoms with E-state index in [1.807, 2.05) is 24.3 Å². The van der Waals surface area contributed by atoms with E-state index < -0.39 is 0 Å². The number of aromatic nitrogens is 2. The Hall–Kier alpha value is -1.92. The highest BCUT2D eigenvalue weighted by molar-refractivity contribution is 7.80. The number of nitrogens with zero attached hydrogens (tertiary/aromatic N) is 2. The van der Waals surface area contributed by atoms with Crippen LogP contribution in [0.1, 0.15) is 19.8 Å². The van der Waals surface area contributed by atoms with E-state index in [0.717, 1.165) is 30.8 Å². The number of hydrogen-bond acceptors (Lipinski definition) is 4. The number of halogens is 1. The minimum Gasteiger partial charge on any atom is -0.362 e. The van der Waals surface area contributed by atoms with Crippen LogP contribution in [0.5, 0.6) is 0 Å². The quantitative estimate of drug-likeness (QED) is 0.548. The maximum Gasteiger partial charge on any atom is 0.170 e. The van der Waals surface area contributed by atoms with E-state index in [2.05, 4.69) is 33.1 Å². The highest BCUT2D eigenvalue weighted by Crippen LogP contribution is 2.17. The van der Waals surface area contributed by atoms with Gasteiger partial charge in [0.05, 0.1) is 0 Å². The van der Waals surface area contributed by atoms with E-state index in [1.54, 1.807) is 12.1 Å². The molecular weight excluding hydrogens is 318 g/mol. The normalized spacial score (nSPS) is 10.1. The first-order valence-corrected chi connectivity index (χ1v) is 7.87. The van der Waals surface area contributed by atoms with Gasteiger partial charge in [0.1, 0.15) is 0 Å². The standard InChI is InChI=1S/C15H18ClN5S/c1-2-3-10-17-15(22)19-12-6-4-11(5-7-12)18-14-9-8-13(16)20-21-14/h4-9H,2-3,10H2,1H3,(H,18,21)(H2,17,19,22). The topological polar surface area (TPSA) is 61.9 Å². The minimum absolute atomic E-state index is 0.370. The Balaban J connectivity index is 1.87. The molecule has 0 unspecified atom stereocenters. The summed E-state index contributed by atoms with van der Waals surface area (Å²) in [5, 5.41) is 18.2. The molecule has 1 heterocycles. The Morgan fingerprint density at radius 1 is 1.09 bits per heavy atom. The van der Waals surface area contributed by atoms with Gasteiger partial charge in [-0.3, -0.25) is 0 Å². The summed E-state index contributed by atoms with van der Waals surface area (Å²) < 4.78 is 0. The Bertz CT molecular complexity index is 600. The Morgan fingerprint density at radius 3 is 2.45 bits per heavy atom. The molecule has 0 fully saturated rings. The molecule has 0 spiro atoms. The molecule has 0 radical (unpaired) electrons. The fourth-order valence-electron chi connectivity index (χ4n) is 1.72. The first-order chi connectivity index (χ1) is 10.7. The monoisotopic (exact) mass is 335 g/mol. The highest BCUT2D eigenvalue weighted by Gasteiger charge is 2.00. The van der Waals surface area contributed by atoms with E-state index in [9.17, 15) is 0 Å². The van der Waals surface area contributed by atoms with Crippen molar-refractivity contribution in [3.8, 4) is 0 Å². The van der Waals surface area contributed by atoms with Crippen LogP contribution < -0.4 is 16.0 Å². The van der Waals surface area contributed by atoms with Gasteiger partial charge in [0.2, 0.25) is 0 Å². The van der Waals surface area contributed by atoms with Crippen LogP contribution in [0.2, 0.25) is 5.15 Å². The molecule has 0 bridgehead atoms. The van der Waals surface area contributed by atoms with Crippen molar-refractivity contribution >= 4 is 46.1 Å². The molecule has 1 aromatic carbocycles. The summed E-state index contributed by atoms with van der Waals surface area (Å²) in [4.78, 5) is 0. The van der Waals surface area contributed by atoms with Crippen LogP contribution in [0.15, 0.2) is 36.4 Å². The second kappa shape index (κ2) is 8.51. The molecule has 0 amide bonds. The van der Waals surface area contributed by atoms with Gasteiger partial charge >= 0.3 is 0 Å². The van der Waals surface area contributed by atoms with Crippen LogP contribution in [-0.4, -0.2) is 21.9 Å². The number of unbranched alkanes of at least 4 members (excludes halogenated alkanes) is 1. The maximum atomic E-state index is 5.70. The maximum absolute atomic E-state index is 5.70. The molecular formula is C15H18ClN5S. The first-order valence-electron chi connectivity index (χ1n) is 7.08. The molecule has 7 heteroatoms. The van der Waals surface area contributed by atoms with Gasteiger partial charge in [0.25, 0.3) is 0 Å². The molecule has 0 aliphatic heterocycles. The molecule has 2 rings (SSSR count). The number of rotatable bonds is 6. The molecule has 0 saturated carbocycles. The van der Waals surface area contributed by atoms with Crippen LogP contribution in [0, 0.1) is 0 Å². The number of benzene rings is 1. The van der Waals surface area contributed by atoms with Crippen LogP contribution in [0.3, 0.4) is 0 Å². The molecule has 1 aromatic heterocycles. The van der Waals surface area contributed by atoms with Crippen LogP contribution in [0.25, 0.3) is 0 Å². The van der Waals surface area contributed by atoms with E-state index in [4.69, 9.17) is 23.8 Å². The van der Waals surface area contributed by atoms with Crippen LogP contribution >= 0.6 is 23.8 Å². The lowest BCUT2D eigenvalue weighted by atomic mass is 10.3. The van der Waals surface area contributed by atoms with Gasteiger partial charge in [-0.25, -0.2) is 0 Å². The first kappa shape index (κ1) is 16.5. The van der Waals surface area contributed by atoms with Crippen molar-refractivity contribution in [3.63, 3.8) is 0 Å². The van der Waals surface area contributed by atoms with Crippen molar-refractivity contribution in [2.45, 2.75) is 19.8 Å². The van der Waals surface area contributed by atoms with Gasteiger partial charge in [0, 0.05) is 17.9 Å². The van der Waals surface area contributed by atoms with Crippen molar-refractivity contribution in [2.75, 3.05) is 17.2 Å². The molecule has 5 nitrogen and oxygen atoms in total. The van der Waals surface area contributed by atoms with Crippen LogP contribution in [0.4, 0.5) is 17.2 Å². The second-order valence-electron chi connectivity index (χ2n) is 4.68. The lowest BCUT2D eigenvalue weighted by Crippen LogP contribution is -2.29. The van der Waals surface area contributed by atoms with Gasteiger partial charge in [0.15, 0.2) is 16.1 Å². The van der Waals surface area contributed by atoms with E-state index in [1.165, 1.54) is 0 Å². The van der Waals surface area contributed by atoms with Gasteiger partial charge in [-0.2, -0.15) is 0 Å². The molecule has 116 valence electrons. The molecule has 22 heavy (non-hydrogen) atoms. The summed E-state index contributed by atoms with van der Waals surface area (Å²) in [5.41, 5.74) is 1.84. The zero-order chi connectivity index (χ0) is 15.8. The number of thiocarbonyl (C=S) groups is 1. The Morgan fingerprint density at radius 2 is 1.82 bits per heavy atom. The zero-order valence-corrected chi connectivity index (χ0v) is 13.8. The fourth-order valence-corrected chi connectivity index (χ4v) is 2.04. The van der Waals surface area contributed by atoms with Gasteiger partial charge in [-0.1, -0.05) is 24.9 Å². The fraction of sp³-hybridized carbons (Fsp3) is 0.267. The SMILES string of the molecule is CCCCNC(=S)Nc1ccc(Nc2ccc(Cl)nn2)cc1. The van der Waals surface area contributed by atoms with E-state index in [-0.39, 0.29) is 0 Å². The third kappa shape index (κ3) is 5.46. The molecule has 0 aliphatic carbocycles. The molecule has 2 aromatic rings. The lowest BCUT2D eigenvalue weighted by molar-refractivity contribution is 0.758. The van der Waals surface area contributed by atoms with E-state index in [0.29, 0.717) is 16.1 Å². The summed E-state index contributed by atoms with van der Waals surface area (Å²) in [6, 6.07) is 11.2.